The molecule has 2 amide bonds. The van der Waals surface area contributed by atoms with Crippen LogP contribution in [-0.2, 0) is 16.0 Å². The zero-order valence-electron chi connectivity index (χ0n) is 10.9. The second kappa shape index (κ2) is 7.17. The summed E-state index contributed by atoms with van der Waals surface area (Å²) in [4.78, 5) is 24.3. The molecule has 0 aliphatic heterocycles. The van der Waals surface area contributed by atoms with Gasteiger partial charge < -0.3 is 10.6 Å². The van der Waals surface area contributed by atoms with E-state index in [1.165, 1.54) is 4.90 Å². The maximum atomic E-state index is 12.1. The molecule has 0 radical (unpaired) electrons. The van der Waals surface area contributed by atoms with Crippen molar-refractivity contribution in [1.29, 1.82) is 5.26 Å². The van der Waals surface area contributed by atoms with Crippen molar-refractivity contribution in [3.63, 3.8) is 0 Å². The van der Waals surface area contributed by atoms with Crippen LogP contribution in [0.1, 0.15) is 12.5 Å². The molecule has 0 saturated carbocycles. The zero-order chi connectivity index (χ0) is 14.3. The minimum Gasteiger partial charge on any atom is -0.368 e. The SMILES string of the molecule is CCN(CC(N)=O)C(=O)C(C#N)Cc1ccccc1. The number of nitrogens with zero attached hydrogens (tertiary/aromatic N) is 2. The highest BCUT2D eigenvalue weighted by molar-refractivity contribution is 5.86. The number of hydrogen-bond acceptors (Lipinski definition) is 3. The van der Waals surface area contributed by atoms with Crippen LogP contribution < -0.4 is 5.73 Å². The Bertz CT molecular complexity index is 479. The predicted octanol–water partition coefficient (Wildman–Crippen LogP) is 0.703. The number of likely N-dealkylation sites (N-methyl/N-ethyl adjacent to an activating group) is 1. The lowest BCUT2D eigenvalue weighted by Gasteiger charge is -2.21. The monoisotopic (exact) mass is 259 g/mol. The Morgan fingerprint density at radius 3 is 2.47 bits per heavy atom. The van der Waals surface area contributed by atoms with Crippen LogP contribution in [0.5, 0.6) is 0 Å². The topological polar surface area (TPSA) is 87.2 Å². The minimum atomic E-state index is -0.790. The summed E-state index contributed by atoms with van der Waals surface area (Å²) in [5.74, 6) is -1.72. The zero-order valence-corrected chi connectivity index (χ0v) is 10.9. The van der Waals surface area contributed by atoms with Crippen molar-refractivity contribution >= 4 is 11.8 Å². The third-order valence-corrected chi connectivity index (χ3v) is 2.78. The molecule has 1 atom stereocenters. The van der Waals surface area contributed by atoms with Crippen LogP contribution in [0.4, 0.5) is 0 Å². The third-order valence-electron chi connectivity index (χ3n) is 2.78. The van der Waals surface area contributed by atoms with Gasteiger partial charge in [-0.15, -0.1) is 0 Å². The van der Waals surface area contributed by atoms with Gasteiger partial charge in [0.15, 0.2) is 0 Å². The van der Waals surface area contributed by atoms with Gasteiger partial charge >= 0.3 is 0 Å². The lowest BCUT2D eigenvalue weighted by Crippen LogP contribution is -2.41. The van der Waals surface area contributed by atoms with E-state index in [2.05, 4.69) is 0 Å². The summed E-state index contributed by atoms with van der Waals surface area (Å²) in [6, 6.07) is 11.3. The van der Waals surface area contributed by atoms with E-state index in [1.54, 1.807) is 6.92 Å². The van der Waals surface area contributed by atoms with E-state index < -0.39 is 11.8 Å². The molecule has 0 aliphatic carbocycles. The second-order valence-electron chi connectivity index (χ2n) is 4.19. The molecule has 100 valence electrons. The molecule has 1 aromatic rings. The number of primary amides is 1. The van der Waals surface area contributed by atoms with E-state index in [9.17, 15) is 9.59 Å². The van der Waals surface area contributed by atoms with Gasteiger partial charge in [0.25, 0.3) is 0 Å². The Balaban J connectivity index is 2.76. The minimum absolute atomic E-state index is 0.150. The van der Waals surface area contributed by atoms with E-state index in [0.717, 1.165) is 5.56 Å². The molecule has 0 aromatic heterocycles. The highest BCUT2D eigenvalue weighted by atomic mass is 16.2. The largest absolute Gasteiger partial charge is 0.368 e. The highest BCUT2D eigenvalue weighted by Gasteiger charge is 2.24. The number of carbonyl (C=O) groups is 2. The van der Waals surface area contributed by atoms with Crippen LogP contribution in [0.2, 0.25) is 0 Å². The fourth-order valence-electron chi connectivity index (χ4n) is 1.79. The number of nitriles is 1. The standard InChI is InChI=1S/C14H17N3O2/c1-2-17(10-13(16)18)14(19)12(9-15)8-11-6-4-3-5-7-11/h3-7,12H,2,8,10H2,1H3,(H2,16,18). The van der Waals surface area contributed by atoms with Gasteiger partial charge in [0.1, 0.15) is 5.92 Å². The molecule has 1 unspecified atom stereocenters. The number of amides is 2. The van der Waals surface area contributed by atoms with Crippen molar-refractivity contribution in [3.8, 4) is 6.07 Å². The van der Waals surface area contributed by atoms with E-state index in [0.29, 0.717) is 13.0 Å². The lowest BCUT2D eigenvalue weighted by atomic mass is 9.99. The van der Waals surface area contributed by atoms with Gasteiger partial charge in [-0.25, -0.2) is 0 Å². The number of rotatable bonds is 6. The summed E-state index contributed by atoms with van der Waals surface area (Å²) in [6.45, 7) is 1.95. The summed E-state index contributed by atoms with van der Waals surface area (Å²) >= 11 is 0. The van der Waals surface area contributed by atoms with Gasteiger partial charge in [-0.1, -0.05) is 30.3 Å². The molecule has 5 heteroatoms. The summed E-state index contributed by atoms with van der Waals surface area (Å²) in [5, 5.41) is 9.12. The van der Waals surface area contributed by atoms with Gasteiger partial charge in [0, 0.05) is 6.54 Å². The van der Waals surface area contributed by atoms with Crippen molar-refractivity contribution in [2.45, 2.75) is 13.3 Å². The van der Waals surface area contributed by atoms with Crippen molar-refractivity contribution in [2.24, 2.45) is 11.7 Å². The second-order valence-corrected chi connectivity index (χ2v) is 4.19. The van der Waals surface area contributed by atoms with E-state index in [1.807, 2.05) is 36.4 Å². The first-order chi connectivity index (χ1) is 9.08. The van der Waals surface area contributed by atoms with E-state index >= 15 is 0 Å². The molecule has 19 heavy (non-hydrogen) atoms. The number of carbonyl (C=O) groups excluding carboxylic acids is 2. The summed E-state index contributed by atoms with van der Waals surface area (Å²) < 4.78 is 0. The fourth-order valence-corrected chi connectivity index (χ4v) is 1.79. The van der Waals surface area contributed by atoms with Crippen molar-refractivity contribution < 1.29 is 9.59 Å². The molecule has 5 nitrogen and oxygen atoms in total. The van der Waals surface area contributed by atoms with Gasteiger partial charge in [-0.3, -0.25) is 9.59 Å². The van der Waals surface area contributed by atoms with Crippen LogP contribution in [0.15, 0.2) is 30.3 Å². The van der Waals surface area contributed by atoms with Gasteiger partial charge in [-0.2, -0.15) is 5.26 Å². The number of nitrogens with two attached hydrogens (primary N) is 1. The van der Waals surface area contributed by atoms with Crippen LogP contribution in [0.25, 0.3) is 0 Å². The smallest absolute Gasteiger partial charge is 0.240 e. The lowest BCUT2D eigenvalue weighted by molar-refractivity contribution is -0.137. The van der Waals surface area contributed by atoms with Gasteiger partial charge in [0.05, 0.1) is 12.6 Å². The van der Waals surface area contributed by atoms with Crippen molar-refractivity contribution in [3.05, 3.63) is 35.9 Å². The molecule has 0 fully saturated rings. The Hall–Kier alpha value is -2.35. The Labute approximate surface area is 112 Å². The Kier molecular flexibility index (Phi) is 5.55. The Morgan fingerprint density at radius 2 is 2.00 bits per heavy atom. The molecule has 0 spiro atoms. The average Bonchev–Trinajstić information content (AvgIpc) is 2.42. The first-order valence-corrected chi connectivity index (χ1v) is 6.09. The first kappa shape index (κ1) is 14.7. The normalized spacial score (nSPS) is 11.4. The van der Waals surface area contributed by atoms with Crippen LogP contribution in [-0.4, -0.2) is 29.8 Å². The average molecular weight is 259 g/mol. The molecule has 1 aromatic carbocycles. The van der Waals surface area contributed by atoms with Crippen LogP contribution in [0, 0.1) is 17.2 Å². The fraction of sp³-hybridized carbons (Fsp3) is 0.357. The molecular formula is C14H17N3O2. The molecule has 2 N–H and O–H groups in total. The van der Waals surface area contributed by atoms with Crippen molar-refractivity contribution in [2.75, 3.05) is 13.1 Å². The molecule has 1 rings (SSSR count). The van der Waals surface area contributed by atoms with Crippen LogP contribution >= 0.6 is 0 Å². The number of benzene rings is 1. The molecule has 0 saturated heterocycles. The maximum absolute atomic E-state index is 12.1. The maximum Gasteiger partial charge on any atom is 0.240 e. The summed E-state index contributed by atoms with van der Waals surface area (Å²) in [6.07, 6.45) is 0.339. The summed E-state index contributed by atoms with van der Waals surface area (Å²) in [5.41, 5.74) is 6.00. The van der Waals surface area contributed by atoms with Gasteiger partial charge in [0.2, 0.25) is 11.8 Å². The first-order valence-electron chi connectivity index (χ1n) is 6.09. The molecule has 0 aliphatic rings. The third kappa shape index (κ3) is 4.43. The quantitative estimate of drug-likeness (QED) is 0.815. The summed E-state index contributed by atoms with van der Waals surface area (Å²) in [7, 11) is 0. The molecule has 0 bridgehead atoms. The highest BCUT2D eigenvalue weighted by Crippen LogP contribution is 2.11. The van der Waals surface area contributed by atoms with Gasteiger partial charge in [-0.05, 0) is 18.9 Å². The molecular weight excluding hydrogens is 242 g/mol. The predicted molar refractivity (Wildman–Crippen MR) is 70.7 cm³/mol. The van der Waals surface area contributed by atoms with E-state index in [-0.39, 0.29) is 12.5 Å². The van der Waals surface area contributed by atoms with Crippen molar-refractivity contribution in [1.82, 2.24) is 4.90 Å². The Morgan fingerprint density at radius 1 is 1.37 bits per heavy atom. The van der Waals surface area contributed by atoms with Crippen LogP contribution in [0.3, 0.4) is 0 Å². The molecule has 0 heterocycles. The number of hydrogen-bond donors (Lipinski definition) is 1. The van der Waals surface area contributed by atoms with E-state index in [4.69, 9.17) is 11.0 Å².